The van der Waals surface area contributed by atoms with Crippen molar-refractivity contribution in [3.8, 4) is 12.1 Å². The van der Waals surface area contributed by atoms with Crippen molar-refractivity contribution in [2.75, 3.05) is 24.7 Å². The van der Waals surface area contributed by atoms with Crippen LogP contribution in [-0.2, 0) is 9.47 Å². The van der Waals surface area contributed by atoms with Gasteiger partial charge in [-0.25, -0.2) is 19.6 Å². The van der Waals surface area contributed by atoms with E-state index in [-0.39, 0.29) is 0 Å². The van der Waals surface area contributed by atoms with Crippen molar-refractivity contribution in [3.63, 3.8) is 0 Å². The van der Waals surface area contributed by atoms with Gasteiger partial charge in [-0.3, -0.25) is 0 Å². The molecule has 0 aliphatic heterocycles. The summed E-state index contributed by atoms with van der Waals surface area (Å²) in [5.41, 5.74) is 10.0. The van der Waals surface area contributed by atoms with Gasteiger partial charge >= 0.3 is 11.9 Å². The number of rotatable bonds is 4. The molecule has 1 rings (SSSR count). The van der Waals surface area contributed by atoms with Gasteiger partial charge in [0.15, 0.2) is 36.2 Å². The summed E-state index contributed by atoms with van der Waals surface area (Å²) in [5.74, 6) is -2.82. The molecule has 0 amide bonds. The van der Waals surface area contributed by atoms with E-state index in [1.807, 2.05) is 0 Å². The third kappa shape index (κ3) is 3.30. The fraction of sp³-hybridized carbons (Fsp3) is 0.200. The number of hydrogen-bond donors (Lipinski definition) is 2. The van der Waals surface area contributed by atoms with Crippen LogP contribution >= 0.6 is 0 Å². The van der Waals surface area contributed by atoms with Crippen LogP contribution in [-0.4, -0.2) is 35.1 Å². The number of hydrogen-bond acceptors (Lipinski definition) is 10. The maximum absolute atomic E-state index is 11.5. The Balaban J connectivity index is 3.03. The first kappa shape index (κ1) is 14.7. The van der Waals surface area contributed by atoms with Crippen LogP contribution in [0.25, 0.3) is 0 Å². The van der Waals surface area contributed by atoms with Crippen LogP contribution in [0.5, 0.6) is 0 Å². The van der Waals surface area contributed by atoms with Crippen molar-refractivity contribution in [2.45, 2.75) is 0 Å². The van der Waals surface area contributed by atoms with Crippen LogP contribution in [0.2, 0.25) is 0 Å². The highest BCUT2D eigenvalue weighted by Crippen LogP contribution is 2.15. The topological polar surface area (TPSA) is 178 Å². The lowest BCUT2D eigenvalue weighted by atomic mass is 10.3. The number of nitrogen functional groups attached to an aromatic ring is 2. The number of carbonyl (C=O) groups excluding carboxylic acids is 2. The lowest BCUT2D eigenvalue weighted by Gasteiger charge is -2.07. The van der Waals surface area contributed by atoms with Crippen LogP contribution in [0.3, 0.4) is 0 Å². The molecule has 0 saturated carbocycles. The summed E-state index contributed by atoms with van der Waals surface area (Å²) in [7, 11) is 0. The molecule has 0 bridgehead atoms. The van der Waals surface area contributed by atoms with E-state index < -0.39 is 48.2 Å². The molecule has 20 heavy (non-hydrogen) atoms. The summed E-state index contributed by atoms with van der Waals surface area (Å²) in [4.78, 5) is 30.1. The van der Waals surface area contributed by atoms with Crippen LogP contribution < -0.4 is 11.5 Å². The monoisotopic (exact) mass is 276 g/mol. The molecule has 0 aliphatic rings. The molecule has 0 atom stereocenters. The predicted octanol–water partition coefficient (Wildman–Crippen LogP) is -0.998. The van der Waals surface area contributed by atoms with E-state index in [4.69, 9.17) is 22.0 Å². The molecule has 0 radical (unpaired) electrons. The Morgan fingerprint density at radius 1 is 0.950 bits per heavy atom. The van der Waals surface area contributed by atoms with Crippen molar-refractivity contribution in [3.05, 3.63) is 11.4 Å². The lowest BCUT2D eigenvalue weighted by molar-refractivity contribution is 0.0532. The number of carbonyl (C=O) groups is 2. The quantitative estimate of drug-likeness (QED) is 0.647. The highest BCUT2D eigenvalue weighted by molar-refractivity contribution is 5.96. The average Bonchev–Trinajstić information content (AvgIpc) is 2.44. The lowest BCUT2D eigenvalue weighted by Crippen LogP contribution is -2.19. The minimum absolute atomic E-state index is 0.411. The Morgan fingerprint density at radius 2 is 1.30 bits per heavy atom. The SMILES string of the molecule is N#CCOC(=O)c1nc(N)c(C(=O)OCC#N)nc1N. The summed E-state index contributed by atoms with van der Waals surface area (Å²) in [6, 6.07) is 3.17. The van der Waals surface area contributed by atoms with Gasteiger partial charge in [-0.2, -0.15) is 10.5 Å². The molecule has 1 heterocycles. The molecule has 102 valence electrons. The van der Waals surface area contributed by atoms with Gasteiger partial charge in [0.25, 0.3) is 0 Å². The zero-order valence-electron chi connectivity index (χ0n) is 9.99. The van der Waals surface area contributed by atoms with Crippen molar-refractivity contribution < 1.29 is 19.1 Å². The average molecular weight is 276 g/mol. The van der Waals surface area contributed by atoms with Gasteiger partial charge in [0.05, 0.1) is 0 Å². The van der Waals surface area contributed by atoms with Crippen molar-refractivity contribution >= 4 is 23.6 Å². The Bertz CT molecular complexity index is 574. The Hall–Kier alpha value is -3.40. The van der Waals surface area contributed by atoms with Crippen molar-refractivity contribution in [1.29, 1.82) is 10.5 Å². The van der Waals surface area contributed by atoms with E-state index in [1.165, 1.54) is 0 Å². The first-order valence-corrected chi connectivity index (χ1v) is 5.02. The molecule has 0 unspecified atom stereocenters. The molecule has 1 aromatic heterocycles. The fourth-order valence-electron chi connectivity index (χ4n) is 1.09. The number of nitrogens with two attached hydrogens (primary N) is 2. The second kappa shape index (κ2) is 6.51. The maximum atomic E-state index is 11.5. The number of anilines is 2. The van der Waals surface area contributed by atoms with E-state index in [9.17, 15) is 9.59 Å². The molecule has 1 aromatic rings. The smallest absolute Gasteiger partial charge is 0.361 e. The fourth-order valence-corrected chi connectivity index (χ4v) is 1.09. The number of nitriles is 2. The number of ether oxygens (including phenoxy) is 2. The van der Waals surface area contributed by atoms with Gasteiger partial charge in [0.2, 0.25) is 0 Å². The first-order valence-electron chi connectivity index (χ1n) is 5.02. The predicted molar refractivity (Wildman–Crippen MR) is 62.6 cm³/mol. The maximum Gasteiger partial charge on any atom is 0.361 e. The second-order valence-corrected chi connectivity index (χ2v) is 3.16. The number of aromatic nitrogens is 2. The van der Waals surface area contributed by atoms with Crippen LogP contribution in [0, 0.1) is 22.7 Å². The third-order valence-corrected chi connectivity index (χ3v) is 1.87. The normalized spacial score (nSPS) is 9.10. The Morgan fingerprint density at radius 3 is 1.60 bits per heavy atom. The molecular formula is C10H8N6O4. The molecule has 0 aromatic carbocycles. The Labute approximate surface area is 112 Å². The van der Waals surface area contributed by atoms with E-state index in [2.05, 4.69) is 19.4 Å². The molecule has 0 spiro atoms. The van der Waals surface area contributed by atoms with Gasteiger partial charge in [-0.15, -0.1) is 0 Å². The second-order valence-electron chi connectivity index (χ2n) is 3.16. The zero-order valence-corrected chi connectivity index (χ0v) is 9.99. The van der Waals surface area contributed by atoms with Gasteiger partial charge in [0.1, 0.15) is 12.1 Å². The largest absolute Gasteiger partial charge is 0.445 e. The van der Waals surface area contributed by atoms with E-state index in [1.54, 1.807) is 12.1 Å². The van der Waals surface area contributed by atoms with Gasteiger partial charge in [0, 0.05) is 0 Å². The van der Waals surface area contributed by atoms with Gasteiger partial charge in [-0.1, -0.05) is 0 Å². The molecular weight excluding hydrogens is 268 g/mol. The summed E-state index contributed by atoms with van der Waals surface area (Å²) in [6.45, 7) is -0.988. The molecule has 0 saturated heterocycles. The van der Waals surface area contributed by atoms with Crippen LogP contribution in [0.4, 0.5) is 11.6 Å². The first-order chi connectivity index (χ1) is 9.51. The summed E-state index contributed by atoms with van der Waals surface area (Å²) in [6.07, 6.45) is 0. The number of esters is 2. The van der Waals surface area contributed by atoms with Crippen molar-refractivity contribution in [2.24, 2.45) is 0 Å². The van der Waals surface area contributed by atoms with Gasteiger partial charge < -0.3 is 20.9 Å². The Kier molecular flexibility index (Phi) is 4.77. The highest BCUT2D eigenvalue weighted by atomic mass is 16.5. The summed E-state index contributed by atoms with van der Waals surface area (Å²) in [5, 5.41) is 16.6. The molecule has 4 N–H and O–H groups in total. The number of nitrogens with zero attached hydrogens (tertiary/aromatic N) is 4. The van der Waals surface area contributed by atoms with E-state index in [0.29, 0.717) is 0 Å². The highest BCUT2D eigenvalue weighted by Gasteiger charge is 2.22. The van der Waals surface area contributed by atoms with E-state index in [0.717, 1.165) is 0 Å². The van der Waals surface area contributed by atoms with Crippen LogP contribution in [0.1, 0.15) is 21.0 Å². The summed E-state index contributed by atoms with van der Waals surface area (Å²) >= 11 is 0. The van der Waals surface area contributed by atoms with Crippen LogP contribution in [0.15, 0.2) is 0 Å². The molecule has 10 nitrogen and oxygen atoms in total. The van der Waals surface area contributed by atoms with Gasteiger partial charge in [-0.05, 0) is 0 Å². The third-order valence-electron chi connectivity index (χ3n) is 1.87. The minimum atomic E-state index is -1.000. The minimum Gasteiger partial charge on any atom is -0.445 e. The van der Waals surface area contributed by atoms with Crippen molar-refractivity contribution in [1.82, 2.24) is 9.97 Å². The standard InChI is InChI=1S/C10H8N6O4/c11-1-3-19-9(17)5-7(13)16-6(8(14)15-5)10(18)20-4-2-12/h3-4H2,(H2,14,15)(H2,13,16). The molecule has 0 fully saturated rings. The molecule has 0 aliphatic carbocycles. The zero-order chi connectivity index (χ0) is 15.1. The molecule has 10 heteroatoms. The summed E-state index contributed by atoms with van der Waals surface area (Å²) < 4.78 is 8.96. The van der Waals surface area contributed by atoms with E-state index >= 15 is 0 Å².